The van der Waals surface area contributed by atoms with Crippen molar-refractivity contribution in [2.75, 3.05) is 6.54 Å². The number of hydrogen-bond acceptors (Lipinski definition) is 4. The van der Waals surface area contributed by atoms with E-state index in [1.54, 1.807) is 11.3 Å². The van der Waals surface area contributed by atoms with Crippen molar-refractivity contribution in [1.29, 1.82) is 0 Å². The zero-order valence-electron chi connectivity index (χ0n) is 10.2. The second-order valence-corrected chi connectivity index (χ2v) is 5.36. The predicted octanol–water partition coefficient (Wildman–Crippen LogP) is 1.08. The summed E-state index contributed by atoms with van der Waals surface area (Å²) in [5.41, 5.74) is 0.989. The van der Waals surface area contributed by atoms with E-state index in [1.807, 2.05) is 5.38 Å². The molecule has 1 aliphatic carbocycles. The van der Waals surface area contributed by atoms with E-state index in [0.29, 0.717) is 19.4 Å². The van der Waals surface area contributed by atoms with Crippen molar-refractivity contribution in [2.45, 2.75) is 26.2 Å². The Hall–Kier alpha value is -1.43. The zero-order valence-corrected chi connectivity index (χ0v) is 11.0. The van der Waals surface area contributed by atoms with Crippen LogP contribution in [-0.4, -0.2) is 28.5 Å². The van der Waals surface area contributed by atoms with Crippen LogP contribution in [0, 0.1) is 11.8 Å². The van der Waals surface area contributed by atoms with Gasteiger partial charge < -0.3 is 10.4 Å². The molecule has 6 heteroatoms. The van der Waals surface area contributed by atoms with Crippen molar-refractivity contribution in [3.8, 4) is 0 Å². The molecule has 1 heterocycles. The topological polar surface area (TPSA) is 79.3 Å². The molecule has 0 spiro atoms. The maximum Gasteiger partial charge on any atom is 0.307 e. The van der Waals surface area contributed by atoms with E-state index in [2.05, 4.69) is 17.2 Å². The summed E-state index contributed by atoms with van der Waals surface area (Å²) in [5.74, 6) is -1.82. The molecule has 0 bridgehead atoms. The molecule has 0 aromatic carbocycles. The van der Waals surface area contributed by atoms with Crippen LogP contribution in [0.5, 0.6) is 0 Å². The van der Waals surface area contributed by atoms with Gasteiger partial charge in [-0.15, -0.1) is 11.3 Å². The number of aromatic nitrogens is 1. The Morgan fingerprint density at radius 1 is 1.56 bits per heavy atom. The summed E-state index contributed by atoms with van der Waals surface area (Å²) in [6.45, 7) is 2.58. The summed E-state index contributed by atoms with van der Waals surface area (Å²) in [5, 5.41) is 14.6. The van der Waals surface area contributed by atoms with E-state index >= 15 is 0 Å². The normalized spacial score (nSPS) is 21.6. The van der Waals surface area contributed by atoms with E-state index in [0.717, 1.165) is 17.1 Å². The highest BCUT2D eigenvalue weighted by atomic mass is 32.1. The Morgan fingerprint density at radius 2 is 2.33 bits per heavy atom. The summed E-state index contributed by atoms with van der Waals surface area (Å²) in [6.07, 6.45) is 2.10. The van der Waals surface area contributed by atoms with Gasteiger partial charge in [0.25, 0.3) is 0 Å². The fourth-order valence-electron chi connectivity index (χ4n) is 1.83. The first kappa shape index (κ1) is 13.0. The molecule has 1 aromatic heterocycles. The van der Waals surface area contributed by atoms with Gasteiger partial charge in [-0.25, -0.2) is 4.98 Å². The third kappa shape index (κ3) is 3.07. The Bertz CT molecular complexity index is 458. The van der Waals surface area contributed by atoms with Crippen LogP contribution < -0.4 is 5.32 Å². The van der Waals surface area contributed by atoms with E-state index in [4.69, 9.17) is 5.11 Å². The lowest BCUT2D eigenvalue weighted by Crippen LogP contribution is -2.28. The van der Waals surface area contributed by atoms with Gasteiger partial charge in [0.05, 0.1) is 22.5 Å². The number of carbonyl (C=O) groups is 2. The van der Waals surface area contributed by atoms with Gasteiger partial charge in [0.2, 0.25) is 5.91 Å². The van der Waals surface area contributed by atoms with Crippen LogP contribution >= 0.6 is 11.3 Å². The van der Waals surface area contributed by atoms with E-state index in [9.17, 15) is 9.59 Å². The summed E-state index contributed by atoms with van der Waals surface area (Å²) in [6, 6.07) is 0. The molecule has 1 aromatic rings. The van der Waals surface area contributed by atoms with E-state index in [-0.39, 0.29) is 11.8 Å². The molecular weight excluding hydrogens is 252 g/mol. The Labute approximate surface area is 109 Å². The first-order valence-electron chi connectivity index (χ1n) is 6.05. The zero-order chi connectivity index (χ0) is 13.1. The monoisotopic (exact) mass is 268 g/mol. The number of aryl methyl sites for hydroxylation is 1. The summed E-state index contributed by atoms with van der Waals surface area (Å²) in [4.78, 5) is 26.6. The van der Waals surface area contributed by atoms with Crippen LogP contribution in [0.1, 0.15) is 24.0 Å². The van der Waals surface area contributed by atoms with E-state index < -0.39 is 11.9 Å². The van der Waals surface area contributed by atoms with Gasteiger partial charge in [-0.3, -0.25) is 9.59 Å². The van der Waals surface area contributed by atoms with Crippen molar-refractivity contribution in [1.82, 2.24) is 10.3 Å². The number of nitrogens with one attached hydrogen (secondary N) is 1. The number of carboxylic acid groups (broad SMARTS) is 1. The number of nitrogens with zero attached hydrogens (tertiary/aromatic N) is 1. The second kappa shape index (κ2) is 5.48. The molecule has 0 unspecified atom stereocenters. The number of carboxylic acids is 1. The van der Waals surface area contributed by atoms with Crippen molar-refractivity contribution in [3.05, 3.63) is 16.1 Å². The fourth-order valence-corrected chi connectivity index (χ4v) is 2.61. The maximum atomic E-state index is 11.6. The van der Waals surface area contributed by atoms with Crippen molar-refractivity contribution >= 4 is 23.2 Å². The molecule has 0 saturated heterocycles. The molecule has 2 atom stereocenters. The molecule has 1 aliphatic rings. The molecule has 0 aliphatic heterocycles. The van der Waals surface area contributed by atoms with Gasteiger partial charge in [-0.1, -0.05) is 6.92 Å². The van der Waals surface area contributed by atoms with Crippen LogP contribution in [-0.2, 0) is 22.4 Å². The lowest BCUT2D eigenvalue weighted by atomic mass is 10.3. The minimum atomic E-state index is -0.873. The number of thiazole rings is 1. The quantitative estimate of drug-likeness (QED) is 0.809. The number of aliphatic carboxylic acids is 1. The molecule has 1 amide bonds. The first-order valence-corrected chi connectivity index (χ1v) is 6.93. The molecule has 1 fully saturated rings. The van der Waals surface area contributed by atoms with Gasteiger partial charge in [0, 0.05) is 18.3 Å². The maximum absolute atomic E-state index is 11.6. The first-order chi connectivity index (χ1) is 8.61. The predicted molar refractivity (Wildman–Crippen MR) is 67.4 cm³/mol. The Balaban J connectivity index is 1.69. The fraction of sp³-hybridized carbons (Fsp3) is 0.583. The lowest BCUT2D eigenvalue weighted by molar-refractivity contribution is -0.140. The third-order valence-corrected chi connectivity index (χ3v) is 4.07. The summed E-state index contributed by atoms with van der Waals surface area (Å²) < 4.78 is 0. The molecule has 2 N–H and O–H groups in total. The molecule has 2 rings (SSSR count). The average Bonchev–Trinajstić information content (AvgIpc) is 3.03. The minimum absolute atomic E-state index is 0.145. The SMILES string of the molecule is CCc1nc(CCNC(=O)[C@H]2C[C@@H]2C(=O)O)cs1. The van der Waals surface area contributed by atoms with Crippen molar-refractivity contribution in [3.63, 3.8) is 0 Å². The minimum Gasteiger partial charge on any atom is -0.481 e. The van der Waals surface area contributed by atoms with Crippen LogP contribution in [0.25, 0.3) is 0 Å². The summed E-state index contributed by atoms with van der Waals surface area (Å²) >= 11 is 1.63. The molecule has 5 nitrogen and oxygen atoms in total. The Morgan fingerprint density at radius 3 is 2.89 bits per heavy atom. The largest absolute Gasteiger partial charge is 0.481 e. The molecule has 98 valence electrons. The van der Waals surface area contributed by atoms with Crippen molar-refractivity contribution in [2.24, 2.45) is 11.8 Å². The number of carbonyl (C=O) groups excluding carboxylic acids is 1. The van der Waals surface area contributed by atoms with Crippen LogP contribution in [0.3, 0.4) is 0 Å². The van der Waals surface area contributed by atoms with Gasteiger partial charge in [0.15, 0.2) is 0 Å². The smallest absolute Gasteiger partial charge is 0.307 e. The highest BCUT2D eigenvalue weighted by molar-refractivity contribution is 7.09. The highest BCUT2D eigenvalue weighted by Gasteiger charge is 2.48. The molecule has 0 radical (unpaired) electrons. The van der Waals surface area contributed by atoms with Gasteiger partial charge in [-0.05, 0) is 12.8 Å². The Kier molecular flexibility index (Phi) is 3.96. The molecule has 18 heavy (non-hydrogen) atoms. The van der Waals surface area contributed by atoms with Crippen molar-refractivity contribution < 1.29 is 14.7 Å². The highest BCUT2D eigenvalue weighted by Crippen LogP contribution is 2.38. The molecular formula is C12H16N2O3S. The van der Waals surface area contributed by atoms with E-state index in [1.165, 1.54) is 0 Å². The third-order valence-electron chi connectivity index (χ3n) is 3.03. The number of rotatable bonds is 6. The second-order valence-electron chi connectivity index (χ2n) is 4.41. The van der Waals surface area contributed by atoms with Crippen LogP contribution in [0.15, 0.2) is 5.38 Å². The number of amides is 1. The van der Waals surface area contributed by atoms with Crippen LogP contribution in [0.4, 0.5) is 0 Å². The van der Waals surface area contributed by atoms with Gasteiger partial charge >= 0.3 is 5.97 Å². The summed E-state index contributed by atoms with van der Waals surface area (Å²) in [7, 11) is 0. The lowest BCUT2D eigenvalue weighted by Gasteiger charge is -2.02. The van der Waals surface area contributed by atoms with Crippen LogP contribution in [0.2, 0.25) is 0 Å². The number of hydrogen-bond donors (Lipinski definition) is 2. The van der Waals surface area contributed by atoms with Gasteiger partial charge in [0.1, 0.15) is 0 Å². The standard InChI is InChI=1S/C12H16N2O3S/c1-2-10-14-7(6-18-10)3-4-13-11(15)8-5-9(8)12(16)17/h6,8-9H,2-5H2,1H3,(H,13,15)(H,16,17)/t8-,9-/m0/s1. The van der Waals surface area contributed by atoms with Gasteiger partial charge in [-0.2, -0.15) is 0 Å². The molecule has 1 saturated carbocycles. The average molecular weight is 268 g/mol.